The molecule has 0 spiro atoms. The first kappa shape index (κ1) is 13.7. The van der Waals surface area contributed by atoms with Gasteiger partial charge in [-0.2, -0.15) is 0 Å². The second-order valence-electron chi connectivity index (χ2n) is 4.82. The average Bonchev–Trinajstić information content (AvgIpc) is 3.14. The molecule has 0 aliphatic carbocycles. The third-order valence-corrected chi connectivity index (χ3v) is 3.45. The number of rotatable bonds is 3. The van der Waals surface area contributed by atoms with Gasteiger partial charge in [-0.3, -0.25) is 15.0 Å². The molecular weight excluding hydrogens is 280 g/mol. The topological polar surface area (TPSA) is 93.6 Å². The predicted octanol–water partition coefficient (Wildman–Crippen LogP) is 1.84. The van der Waals surface area contributed by atoms with Gasteiger partial charge in [0.1, 0.15) is 4.92 Å². The van der Waals surface area contributed by atoms with Crippen LogP contribution in [0.2, 0.25) is 0 Å². The molecule has 1 saturated heterocycles. The monoisotopic (exact) mass is 296 g/mol. The summed E-state index contributed by atoms with van der Waals surface area (Å²) in [5, 5.41) is 16.2. The van der Waals surface area contributed by atoms with Crippen LogP contribution in [0.3, 0.4) is 0 Å². The molecule has 0 unspecified atom stereocenters. The summed E-state index contributed by atoms with van der Waals surface area (Å²) in [6, 6.07) is 3.23. The van der Waals surface area contributed by atoms with E-state index in [1.807, 2.05) is 4.90 Å². The lowest BCUT2D eigenvalue weighted by atomic mass is 10.1. The number of piperidine rings is 1. The van der Waals surface area contributed by atoms with E-state index < -0.39 is 11.2 Å². The maximum atomic E-state index is 10.7. The van der Waals surface area contributed by atoms with Crippen molar-refractivity contribution >= 4 is 11.9 Å². The molecule has 114 valence electrons. The summed E-state index contributed by atoms with van der Waals surface area (Å²) in [5.41, 5.74) is 0. The van der Waals surface area contributed by atoms with Crippen LogP contribution < -0.4 is 0 Å². The number of ether oxygens (including phenoxy) is 1. The standard InChI is InChI=1S/C12H16N4O5/c1-19-15-11(9-5-6-10(20-9)16(17)18)21-12(13-15)14-7-3-2-4-8-14/h5-6,11H,2-4,7-8H2,1H3/t11-/m1/s1. The molecular formula is C12H16N4O5. The largest absolute Gasteiger partial charge is 0.433 e. The van der Waals surface area contributed by atoms with Crippen molar-refractivity contribution in [2.45, 2.75) is 25.5 Å². The Kier molecular flexibility index (Phi) is 3.65. The van der Waals surface area contributed by atoms with Crippen molar-refractivity contribution in [3.05, 3.63) is 28.0 Å². The molecule has 3 rings (SSSR count). The second kappa shape index (κ2) is 5.60. The lowest BCUT2D eigenvalue weighted by Crippen LogP contribution is -2.35. The minimum absolute atomic E-state index is 0.277. The Morgan fingerprint density at radius 2 is 2.14 bits per heavy atom. The number of hydrogen-bond acceptors (Lipinski definition) is 8. The van der Waals surface area contributed by atoms with E-state index in [1.54, 1.807) is 0 Å². The molecule has 21 heavy (non-hydrogen) atoms. The zero-order valence-corrected chi connectivity index (χ0v) is 11.6. The van der Waals surface area contributed by atoms with Gasteiger partial charge >= 0.3 is 11.9 Å². The van der Waals surface area contributed by atoms with Crippen molar-refractivity contribution < 1.29 is 18.9 Å². The molecule has 3 heterocycles. The van der Waals surface area contributed by atoms with E-state index in [2.05, 4.69) is 5.10 Å². The number of nitro groups is 1. The van der Waals surface area contributed by atoms with Crippen LogP contribution in [0.25, 0.3) is 0 Å². The summed E-state index contributed by atoms with van der Waals surface area (Å²) >= 11 is 0. The number of furan rings is 1. The minimum atomic E-state index is -0.749. The third kappa shape index (κ3) is 2.64. The Morgan fingerprint density at radius 1 is 1.38 bits per heavy atom. The molecule has 0 aromatic carbocycles. The SMILES string of the molecule is CON1N=C(N2CCCCC2)O[C@@H]1c1ccc([N+](=O)[O-])o1. The lowest BCUT2D eigenvalue weighted by molar-refractivity contribution is -0.402. The summed E-state index contributed by atoms with van der Waals surface area (Å²) in [7, 11) is 1.45. The summed E-state index contributed by atoms with van der Waals surface area (Å²) in [5.74, 6) is -0.0598. The van der Waals surface area contributed by atoms with Gasteiger partial charge in [-0.15, -0.1) is 5.17 Å². The van der Waals surface area contributed by atoms with Crippen LogP contribution in [0.1, 0.15) is 31.3 Å². The molecule has 2 aliphatic heterocycles. The summed E-state index contributed by atoms with van der Waals surface area (Å²) < 4.78 is 10.9. The van der Waals surface area contributed by atoms with Crippen molar-refractivity contribution in [3.63, 3.8) is 0 Å². The molecule has 0 amide bonds. The first-order chi connectivity index (χ1) is 10.2. The molecule has 1 fully saturated rings. The van der Waals surface area contributed by atoms with Crippen molar-refractivity contribution in [2.75, 3.05) is 20.2 Å². The average molecular weight is 296 g/mol. The Labute approximate surface area is 120 Å². The number of hydrogen-bond donors (Lipinski definition) is 0. The van der Waals surface area contributed by atoms with Gasteiger partial charge in [-0.1, -0.05) is 5.10 Å². The van der Waals surface area contributed by atoms with Gasteiger partial charge in [0.2, 0.25) is 0 Å². The lowest BCUT2D eigenvalue weighted by Gasteiger charge is -2.26. The number of hydrazone groups is 1. The summed E-state index contributed by atoms with van der Waals surface area (Å²) in [6.07, 6.45) is 2.63. The Balaban J connectivity index is 1.76. The molecule has 0 N–H and O–H groups in total. The maximum absolute atomic E-state index is 10.7. The molecule has 1 aromatic heterocycles. The predicted molar refractivity (Wildman–Crippen MR) is 70.9 cm³/mol. The first-order valence-corrected chi connectivity index (χ1v) is 6.76. The molecule has 9 heteroatoms. The fraction of sp³-hybridized carbons (Fsp3) is 0.583. The van der Waals surface area contributed by atoms with E-state index in [4.69, 9.17) is 14.0 Å². The van der Waals surface area contributed by atoms with Crippen LogP contribution in [0.15, 0.2) is 21.7 Å². The molecule has 9 nitrogen and oxygen atoms in total. The van der Waals surface area contributed by atoms with Crippen LogP contribution in [0, 0.1) is 10.1 Å². The van der Waals surface area contributed by atoms with Crippen molar-refractivity contribution in [2.24, 2.45) is 5.10 Å². The molecule has 0 radical (unpaired) electrons. The van der Waals surface area contributed by atoms with E-state index in [0.717, 1.165) is 25.9 Å². The van der Waals surface area contributed by atoms with E-state index in [-0.39, 0.29) is 11.6 Å². The first-order valence-electron chi connectivity index (χ1n) is 6.76. The Hall–Kier alpha value is -2.29. The van der Waals surface area contributed by atoms with Crippen LogP contribution >= 0.6 is 0 Å². The zero-order valence-electron chi connectivity index (χ0n) is 11.6. The van der Waals surface area contributed by atoms with Gasteiger partial charge in [-0.05, 0) is 25.3 Å². The second-order valence-corrected chi connectivity index (χ2v) is 4.82. The van der Waals surface area contributed by atoms with Gasteiger partial charge < -0.3 is 14.1 Å². The van der Waals surface area contributed by atoms with Crippen LogP contribution in [0.5, 0.6) is 0 Å². The molecule has 2 aliphatic rings. The summed E-state index contributed by atoms with van der Waals surface area (Å²) in [6.45, 7) is 1.75. The van der Waals surface area contributed by atoms with E-state index in [0.29, 0.717) is 6.02 Å². The van der Waals surface area contributed by atoms with Crippen molar-refractivity contribution in [3.8, 4) is 0 Å². The fourth-order valence-corrected chi connectivity index (χ4v) is 2.40. The minimum Gasteiger partial charge on any atom is -0.428 e. The Bertz CT molecular complexity index is 552. The van der Waals surface area contributed by atoms with Gasteiger partial charge in [-0.25, -0.2) is 0 Å². The normalized spacial score (nSPS) is 22.1. The highest BCUT2D eigenvalue weighted by Gasteiger charge is 2.36. The third-order valence-electron chi connectivity index (χ3n) is 3.45. The highest BCUT2D eigenvalue weighted by atomic mass is 16.8. The van der Waals surface area contributed by atoms with E-state index in [1.165, 1.54) is 30.8 Å². The molecule has 0 saturated carbocycles. The summed E-state index contributed by atoms with van der Waals surface area (Å²) in [4.78, 5) is 17.3. The smallest absolute Gasteiger partial charge is 0.428 e. The zero-order chi connectivity index (χ0) is 14.8. The van der Waals surface area contributed by atoms with E-state index in [9.17, 15) is 10.1 Å². The number of likely N-dealkylation sites (tertiary alicyclic amines) is 1. The van der Waals surface area contributed by atoms with Crippen LogP contribution in [0.4, 0.5) is 5.88 Å². The molecule has 1 aromatic rings. The highest BCUT2D eigenvalue weighted by Crippen LogP contribution is 2.32. The van der Waals surface area contributed by atoms with Crippen molar-refractivity contribution in [1.29, 1.82) is 0 Å². The highest BCUT2D eigenvalue weighted by molar-refractivity contribution is 5.75. The molecule has 0 bridgehead atoms. The molecule has 1 atom stereocenters. The van der Waals surface area contributed by atoms with E-state index >= 15 is 0 Å². The van der Waals surface area contributed by atoms with Gasteiger partial charge in [0.05, 0.1) is 13.2 Å². The number of nitrogens with zero attached hydrogens (tertiary/aromatic N) is 4. The Morgan fingerprint density at radius 3 is 2.76 bits per heavy atom. The van der Waals surface area contributed by atoms with Crippen LogP contribution in [-0.4, -0.2) is 41.2 Å². The van der Waals surface area contributed by atoms with Crippen molar-refractivity contribution in [1.82, 2.24) is 10.1 Å². The number of hydroxylamine groups is 1. The van der Waals surface area contributed by atoms with Crippen LogP contribution in [-0.2, 0) is 9.57 Å². The fourth-order valence-electron chi connectivity index (χ4n) is 2.40. The van der Waals surface area contributed by atoms with Gasteiger partial charge in [0.25, 0.3) is 6.23 Å². The quantitative estimate of drug-likeness (QED) is 0.620. The van der Waals surface area contributed by atoms with Gasteiger partial charge in [0, 0.05) is 13.1 Å². The van der Waals surface area contributed by atoms with Gasteiger partial charge in [0.15, 0.2) is 5.76 Å². The maximum Gasteiger partial charge on any atom is 0.433 e. The number of amidine groups is 1.